The van der Waals surface area contributed by atoms with Crippen molar-refractivity contribution < 1.29 is 28.2 Å². The van der Waals surface area contributed by atoms with Gasteiger partial charge in [-0.25, -0.2) is 0 Å². The molecule has 5 nitrogen and oxygen atoms in total. The molecule has 7 heteroatoms. The lowest BCUT2D eigenvalue weighted by Gasteiger charge is -2.39. The zero-order valence-corrected chi connectivity index (χ0v) is 14.5. The smallest absolute Gasteiger partial charge is 0.387 e. The van der Waals surface area contributed by atoms with Gasteiger partial charge in [0.25, 0.3) is 5.91 Å². The van der Waals surface area contributed by atoms with Crippen LogP contribution in [-0.2, 0) is 10.2 Å². The Morgan fingerprint density at radius 1 is 1.00 bits per heavy atom. The molecular formula is C20H19F2NO4. The van der Waals surface area contributed by atoms with E-state index in [0.717, 1.165) is 0 Å². The number of para-hydroxylation sites is 1. The molecule has 27 heavy (non-hydrogen) atoms. The molecule has 1 N–H and O–H groups in total. The lowest BCUT2D eigenvalue weighted by atomic mass is 9.72. The van der Waals surface area contributed by atoms with Gasteiger partial charge in [-0.3, -0.25) is 9.59 Å². The van der Waals surface area contributed by atoms with Gasteiger partial charge < -0.3 is 14.7 Å². The molecule has 142 valence electrons. The molecule has 1 aliphatic rings. The lowest BCUT2D eigenvalue weighted by Crippen LogP contribution is -2.49. The number of ether oxygens (including phenoxy) is 1. The minimum absolute atomic E-state index is 0.0420. The number of hydrogen-bond acceptors (Lipinski definition) is 3. The van der Waals surface area contributed by atoms with Gasteiger partial charge in [-0.2, -0.15) is 8.78 Å². The monoisotopic (exact) mass is 375 g/mol. The van der Waals surface area contributed by atoms with E-state index in [4.69, 9.17) is 0 Å². The number of rotatable bonds is 5. The SMILES string of the molecule is O=C(c1ccccc1OC(F)F)N1CCC(C(=O)O)(c2ccccc2)CC1. The van der Waals surface area contributed by atoms with E-state index in [2.05, 4.69) is 4.74 Å². The summed E-state index contributed by atoms with van der Waals surface area (Å²) in [5.74, 6) is -1.56. The number of carbonyl (C=O) groups is 2. The van der Waals surface area contributed by atoms with E-state index in [1.54, 1.807) is 30.3 Å². The molecule has 2 aromatic carbocycles. The number of hydrogen-bond donors (Lipinski definition) is 1. The zero-order chi connectivity index (χ0) is 19.4. The van der Waals surface area contributed by atoms with Crippen molar-refractivity contribution in [1.82, 2.24) is 4.90 Å². The Labute approximate surface area is 155 Å². The molecular weight excluding hydrogens is 356 g/mol. The van der Waals surface area contributed by atoms with Crippen LogP contribution in [0.2, 0.25) is 0 Å². The molecule has 0 aliphatic carbocycles. The van der Waals surface area contributed by atoms with Crippen molar-refractivity contribution in [1.29, 1.82) is 0 Å². The Balaban J connectivity index is 1.79. The molecule has 1 saturated heterocycles. The minimum Gasteiger partial charge on any atom is -0.481 e. The Morgan fingerprint density at radius 2 is 1.59 bits per heavy atom. The van der Waals surface area contributed by atoms with E-state index in [1.165, 1.54) is 23.1 Å². The van der Waals surface area contributed by atoms with Crippen LogP contribution >= 0.6 is 0 Å². The standard InChI is InChI=1S/C20H19F2NO4/c21-19(22)27-16-9-5-4-8-15(16)17(24)23-12-10-20(11-13-23,18(25)26)14-6-2-1-3-7-14/h1-9,19H,10-13H2,(H,25,26). The van der Waals surface area contributed by atoms with Crippen molar-refractivity contribution in [2.75, 3.05) is 13.1 Å². The maximum absolute atomic E-state index is 12.8. The number of benzene rings is 2. The number of amides is 1. The fourth-order valence-corrected chi connectivity index (χ4v) is 3.49. The second-order valence-electron chi connectivity index (χ2n) is 6.42. The van der Waals surface area contributed by atoms with Crippen molar-refractivity contribution in [3.8, 4) is 5.75 Å². The van der Waals surface area contributed by atoms with Crippen molar-refractivity contribution in [3.05, 3.63) is 65.7 Å². The molecule has 0 unspecified atom stereocenters. The number of nitrogens with zero attached hydrogens (tertiary/aromatic N) is 1. The van der Waals surface area contributed by atoms with Crippen LogP contribution in [0.5, 0.6) is 5.75 Å². The minimum atomic E-state index is -3.03. The number of carbonyl (C=O) groups excluding carboxylic acids is 1. The van der Waals surface area contributed by atoms with Crippen LogP contribution < -0.4 is 4.74 Å². The van der Waals surface area contributed by atoms with Crippen molar-refractivity contribution in [2.45, 2.75) is 24.9 Å². The fourth-order valence-electron chi connectivity index (χ4n) is 3.49. The third-order valence-corrected chi connectivity index (χ3v) is 4.97. The van der Waals surface area contributed by atoms with Crippen LogP contribution in [0, 0.1) is 0 Å². The quantitative estimate of drug-likeness (QED) is 0.868. The molecule has 0 saturated carbocycles. The van der Waals surface area contributed by atoms with Gasteiger partial charge in [-0.05, 0) is 30.5 Å². The molecule has 1 heterocycles. The van der Waals surface area contributed by atoms with Gasteiger partial charge in [0.1, 0.15) is 5.75 Å². The number of halogens is 2. The largest absolute Gasteiger partial charge is 0.481 e. The Morgan fingerprint density at radius 3 is 2.19 bits per heavy atom. The summed E-state index contributed by atoms with van der Waals surface area (Å²) in [6.45, 7) is -2.61. The highest BCUT2D eigenvalue weighted by molar-refractivity contribution is 5.97. The topological polar surface area (TPSA) is 66.8 Å². The average molecular weight is 375 g/mol. The van der Waals surface area contributed by atoms with E-state index >= 15 is 0 Å². The number of carboxylic acids is 1. The summed E-state index contributed by atoms with van der Waals surface area (Å²) in [7, 11) is 0. The summed E-state index contributed by atoms with van der Waals surface area (Å²) in [6.07, 6.45) is 0.492. The summed E-state index contributed by atoms with van der Waals surface area (Å²) in [4.78, 5) is 26.2. The highest BCUT2D eigenvalue weighted by atomic mass is 19.3. The maximum Gasteiger partial charge on any atom is 0.387 e. The maximum atomic E-state index is 12.8. The molecule has 1 aliphatic heterocycles. The van der Waals surface area contributed by atoms with Crippen molar-refractivity contribution in [2.24, 2.45) is 0 Å². The third kappa shape index (κ3) is 3.77. The number of carboxylic acid groups (broad SMARTS) is 1. The van der Waals surface area contributed by atoms with Crippen LogP contribution in [0.3, 0.4) is 0 Å². The molecule has 0 bridgehead atoms. The normalized spacial score (nSPS) is 16.2. The summed E-state index contributed by atoms with van der Waals surface area (Å²) in [5.41, 5.74) is -0.316. The summed E-state index contributed by atoms with van der Waals surface area (Å²) in [5, 5.41) is 9.82. The van der Waals surface area contributed by atoms with Gasteiger partial charge in [0.2, 0.25) is 0 Å². The molecule has 3 rings (SSSR count). The van der Waals surface area contributed by atoms with Gasteiger partial charge >= 0.3 is 12.6 Å². The number of aliphatic carboxylic acids is 1. The first kappa shape index (κ1) is 18.8. The molecule has 1 fully saturated rings. The fraction of sp³-hybridized carbons (Fsp3) is 0.300. The lowest BCUT2D eigenvalue weighted by molar-refractivity contribution is -0.145. The Bertz CT molecular complexity index is 818. The number of piperidine rings is 1. The zero-order valence-electron chi connectivity index (χ0n) is 14.5. The van der Waals surface area contributed by atoms with Crippen LogP contribution in [0.1, 0.15) is 28.8 Å². The number of alkyl halides is 2. The van der Waals surface area contributed by atoms with Gasteiger partial charge in [-0.1, -0.05) is 42.5 Å². The molecule has 0 spiro atoms. The van der Waals surface area contributed by atoms with Gasteiger partial charge in [0.05, 0.1) is 11.0 Å². The molecule has 1 amide bonds. The van der Waals surface area contributed by atoms with Crippen LogP contribution in [0.15, 0.2) is 54.6 Å². The van der Waals surface area contributed by atoms with Crippen LogP contribution in [0.25, 0.3) is 0 Å². The van der Waals surface area contributed by atoms with Crippen LogP contribution in [0.4, 0.5) is 8.78 Å². The molecule has 2 aromatic rings. The summed E-state index contributed by atoms with van der Waals surface area (Å²) in [6, 6.07) is 14.8. The van der Waals surface area contributed by atoms with E-state index in [1.807, 2.05) is 6.07 Å². The highest BCUT2D eigenvalue weighted by Crippen LogP contribution is 2.36. The summed E-state index contributed by atoms with van der Waals surface area (Å²) >= 11 is 0. The van der Waals surface area contributed by atoms with E-state index < -0.39 is 23.9 Å². The predicted molar refractivity (Wildman–Crippen MR) is 94.0 cm³/mol. The predicted octanol–water partition coefficient (Wildman–Crippen LogP) is 3.55. The average Bonchev–Trinajstić information content (AvgIpc) is 2.68. The molecule has 0 aromatic heterocycles. The van der Waals surface area contributed by atoms with Gasteiger partial charge in [-0.15, -0.1) is 0 Å². The summed E-state index contributed by atoms with van der Waals surface area (Å²) < 4.78 is 29.6. The first-order valence-electron chi connectivity index (χ1n) is 8.56. The van der Waals surface area contributed by atoms with Crippen molar-refractivity contribution >= 4 is 11.9 Å². The highest BCUT2D eigenvalue weighted by Gasteiger charge is 2.44. The molecule has 0 radical (unpaired) electrons. The van der Waals surface area contributed by atoms with Gasteiger partial charge in [0.15, 0.2) is 0 Å². The molecule has 0 atom stereocenters. The van der Waals surface area contributed by atoms with E-state index in [-0.39, 0.29) is 37.2 Å². The third-order valence-electron chi connectivity index (χ3n) is 4.97. The number of likely N-dealkylation sites (tertiary alicyclic amines) is 1. The second kappa shape index (κ2) is 7.73. The first-order chi connectivity index (χ1) is 12.9. The Hall–Kier alpha value is -2.96. The van der Waals surface area contributed by atoms with E-state index in [0.29, 0.717) is 5.56 Å². The van der Waals surface area contributed by atoms with Crippen LogP contribution in [-0.4, -0.2) is 41.6 Å². The Kier molecular flexibility index (Phi) is 5.39. The second-order valence-corrected chi connectivity index (χ2v) is 6.42. The first-order valence-corrected chi connectivity index (χ1v) is 8.56. The van der Waals surface area contributed by atoms with E-state index in [9.17, 15) is 23.5 Å². The van der Waals surface area contributed by atoms with Gasteiger partial charge in [0, 0.05) is 13.1 Å². The van der Waals surface area contributed by atoms with Crippen molar-refractivity contribution in [3.63, 3.8) is 0 Å².